The van der Waals surface area contributed by atoms with Crippen molar-refractivity contribution < 1.29 is 0 Å². The first-order chi connectivity index (χ1) is 7.75. The Morgan fingerprint density at radius 2 is 1.75 bits per heavy atom. The first-order valence-electron chi connectivity index (χ1n) is 5.98. The molecular formula is C13H20N2S. The number of anilines is 1. The Kier molecular flexibility index (Phi) is 4.13. The molecule has 0 atom stereocenters. The van der Waals surface area contributed by atoms with E-state index >= 15 is 0 Å². The highest BCUT2D eigenvalue weighted by Crippen LogP contribution is 2.25. The maximum atomic E-state index is 3.38. The molecule has 3 heteroatoms. The molecule has 2 nitrogen and oxygen atoms in total. The lowest BCUT2D eigenvalue weighted by atomic mass is 10.2. The van der Waals surface area contributed by atoms with Gasteiger partial charge >= 0.3 is 0 Å². The van der Waals surface area contributed by atoms with E-state index in [0.29, 0.717) is 5.25 Å². The third-order valence-electron chi connectivity index (χ3n) is 2.69. The predicted octanol–water partition coefficient (Wildman–Crippen LogP) is 2.60. The van der Waals surface area contributed by atoms with E-state index in [1.165, 1.54) is 10.6 Å². The molecule has 0 aliphatic carbocycles. The van der Waals surface area contributed by atoms with E-state index < -0.39 is 0 Å². The van der Waals surface area contributed by atoms with Crippen molar-refractivity contribution in [2.24, 2.45) is 0 Å². The first-order valence-corrected chi connectivity index (χ1v) is 6.86. The van der Waals surface area contributed by atoms with Gasteiger partial charge in [-0.05, 0) is 24.3 Å². The summed E-state index contributed by atoms with van der Waals surface area (Å²) in [7, 11) is 0. The van der Waals surface area contributed by atoms with Gasteiger partial charge in [0.05, 0.1) is 0 Å². The minimum absolute atomic E-state index is 0.657. The molecule has 0 unspecified atom stereocenters. The molecular weight excluding hydrogens is 216 g/mol. The Balaban J connectivity index is 2.00. The highest BCUT2D eigenvalue weighted by Gasteiger charge is 2.09. The maximum Gasteiger partial charge on any atom is 0.0367 e. The number of thioether (sulfide) groups is 1. The molecule has 1 fully saturated rings. The Bertz CT molecular complexity index is 315. The Hall–Kier alpha value is -0.670. The zero-order valence-corrected chi connectivity index (χ0v) is 10.9. The molecule has 1 aliphatic rings. The Morgan fingerprint density at radius 3 is 2.31 bits per heavy atom. The van der Waals surface area contributed by atoms with Crippen LogP contribution in [0.15, 0.2) is 29.2 Å². The molecule has 1 heterocycles. The second-order valence-corrected chi connectivity index (χ2v) is 6.05. The lowest BCUT2D eigenvalue weighted by Gasteiger charge is -2.29. The summed E-state index contributed by atoms with van der Waals surface area (Å²) in [6, 6.07) is 8.97. The van der Waals surface area contributed by atoms with Gasteiger partial charge in [0.1, 0.15) is 0 Å². The average molecular weight is 236 g/mol. The minimum Gasteiger partial charge on any atom is -0.369 e. The highest BCUT2D eigenvalue weighted by molar-refractivity contribution is 7.99. The van der Waals surface area contributed by atoms with Crippen LogP contribution in [0.5, 0.6) is 0 Å². The van der Waals surface area contributed by atoms with Gasteiger partial charge in [-0.25, -0.2) is 0 Å². The molecule has 0 spiro atoms. The summed E-state index contributed by atoms with van der Waals surface area (Å²) < 4.78 is 0. The second-order valence-electron chi connectivity index (χ2n) is 4.40. The van der Waals surface area contributed by atoms with Gasteiger partial charge in [-0.15, -0.1) is 11.8 Å². The van der Waals surface area contributed by atoms with Crippen LogP contribution in [0, 0.1) is 0 Å². The van der Waals surface area contributed by atoms with Gasteiger partial charge in [0.25, 0.3) is 0 Å². The predicted molar refractivity (Wildman–Crippen MR) is 72.5 cm³/mol. The summed E-state index contributed by atoms with van der Waals surface area (Å²) in [5.41, 5.74) is 1.36. The third-order valence-corrected chi connectivity index (χ3v) is 3.71. The SMILES string of the molecule is CC(C)Sc1ccc(N2CCNCC2)cc1. The van der Waals surface area contributed by atoms with Crippen molar-refractivity contribution in [2.75, 3.05) is 31.1 Å². The van der Waals surface area contributed by atoms with Crippen molar-refractivity contribution in [3.63, 3.8) is 0 Å². The molecule has 1 aliphatic heterocycles. The van der Waals surface area contributed by atoms with Crippen LogP contribution in [0.2, 0.25) is 0 Å². The summed E-state index contributed by atoms with van der Waals surface area (Å²) in [6.45, 7) is 8.90. The summed E-state index contributed by atoms with van der Waals surface area (Å²) in [6.07, 6.45) is 0. The zero-order valence-electron chi connectivity index (χ0n) is 10.1. The van der Waals surface area contributed by atoms with Crippen LogP contribution < -0.4 is 10.2 Å². The zero-order chi connectivity index (χ0) is 11.4. The number of hydrogen-bond donors (Lipinski definition) is 1. The van der Waals surface area contributed by atoms with Crippen LogP contribution in [0.25, 0.3) is 0 Å². The standard InChI is InChI=1S/C13H20N2S/c1-11(2)16-13-5-3-12(4-6-13)15-9-7-14-8-10-15/h3-6,11,14H,7-10H2,1-2H3. The van der Waals surface area contributed by atoms with Crippen molar-refractivity contribution in [3.8, 4) is 0 Å². The lowest BCUT2D eigenvalue weighted by Crippen LogP contribution is -2.43. The van der Waals surface area contributed by atoms with E-state index in [4.69, 9.17) is 0 Å². The maximum absolute atomic E-state index is 3.38. The number of benzene rings is 1. The van der Waals surface area contributed by atoms with Gasteiger partial charge in [-0.2, -0.15) is 0 Å². The van der Waals surface area contributed by atoms with Gasteiger partial charge in [0.15, 0.2) is 0 Å². The molecule has 0 aromatic heterocycles. The molecule has 0 bridgehead atoms. The molecule has 1 aromatic carbocycles. The van der Waals surface area contributed by atoms with Crippen molar-refractivity contribution in [1.82, 2.24) is 5.32 Å². The van der Waals surface area contributed by atoms with Gasteiger partial charge < -0.3 is 10.2 Å². The second kappa shape index (κ2) is 5.60. The quantitative estimate of drug-likeness (QED) is 0.812. The van der Waals surface area contributed by atoms with Gasteiger partial charge in [0.2, 0.25) is 0 Å². The molecule has 0 amide bonds. The van der Waals surface area contributed by atoms with Crippen LogP contribution in [0.3, 0.4) is 0 Å². The van der Waals surface area contributed by atoms with Crippen LogP contribution in [0.1, 0.15) is 13.8 Å². The van der Waals surface area contributed by atoms with Crippen molar-refractivity contribution in [1.29, 1.82) is 0 Å². The molecule has 16 heavy (non-hydrogen) atoms. The number of hydrogen-bond acceptors (Lipinski definition) is 3. The van der Waals surface area contributed by atoms with E-state index in [2.05, 4.69) is 48.3 Å². The first kappa shape index (κ1) is 11.8. The van der Waals surface area contributed by atoms with E-state index in [1.807, 2.05) is 11.8 Å². The molecule has 1 saturated heterocycles. The number of piperazine rings is 1. The van der Waals surface area contributed by atoms with Crippen LogP contribution in [-0.2, 0) is 0 Å². The van der Waals surface area contributed by atoms with E-state index in [0.717, 1.165) is 26.2 Å². The molecule has 1 aromatic rings. The monoisotopic (exact) mass is 236 g/mol. The molecule has 88 valence electrons. The fraction of sp³-hybridized carbons (Fsp3) is 0.538. The van der Waals surface area contributed by atoms with Crippen molar-refractivity contribution >= 4 is 17.4 Å². The largest absolute Gasteiger partial charge is 0.369 e. The topological polar surface area (TPSA) is 15.3 Å². The lowest BCUT2D eigenvalue weighted by molar-refractivity contribution is 0.589. The average Bonchev–Trinajstić information content (AvgIpc) is 2.30. The number of nitrogens with one attached hydrogen (secondary N) is 1. The molecule has 0 radical (unpaired) electrons. The van der Waals surface area contributed by atoms with Crippen LogP contribution >= 0.6 is 11.8 Å². The fourth-order valence-corrected chi connectivity index (χ4v) is 2.77. The number of nitrogens with zero attached hydrogens (tertiary/aromatic N) is 1. The number of rotatable bonds is 3. The smallest absolute Gasteiger partial charge is 0.0367 e. The van der Waals surface area contributed by atoms with Gasteiger partial charge in [0, 0.05) is 42.0 Å². The summed E-state index contributed by atoms with van der Waals surface area (Å²) in [4.78, 5) is 3.81. The van der Waals surface area contributed by atoms with Gasteiger partial charge in [-0.1, -0.05) is 13.8 Å². The third kappa shape index (κ3) is 3.16. The molecule has 0 saturated carbocycles. The summed E-state index contributed by atoms with van der Waals surface area (Å²) >= 11 is 1.92. The molecule has 2 rings (SSSR count). The van der Waals surface area contributed by atoms with E-state index in [1.54, 1.807) is 0 Å². The van der Waals surface area contributed by atoms with E-state index in [9.17, 15) is 0 Å². The fourth-order valence-electron chi connectivity index (χ4n) is 1.93. The minimum atomic E-state index is 0.657. The van der Waals surface area contributed by atoms with Crippen molar-refractivity contribution in [2.45, 2.75) is 24.0 Å². The van der Waals surface area contributed by atoms with Crippen LogP contribution in [-0.4, -0.2) is 31.4 Å². The normalized spacial score (nSPS) is 16.8. The van der Waals surface area contributed by atoms with Crippen molar-refractivity contribution in [3.05, 3.63) is 24.3 Å². The molecule has 1 N–H and O–H groups in total. The van der Waals surface area contributed by atoms with Crippen LogP contribution in [0.4, 0.5) is 5.69 Å². The summed E-state index contributed by atoms with van der Waals surface area (Å²) in [5, 5.41) is 4.03. The highest BCUT2D eigenvalue weighted by atomic mass is 32.2. The Labute approximate surface area is 102 Å². The summed E-state index contributed by atoms with van der Waals surface area (Å²) in [5.74, 6) is 0. The van der Waals surface area contributed by atoms with E-state index in [-0.39, 0.29) is 0 Å². The van der Waals surface area contributed by atoms with Gasteiger partial charge in [-0.3, -0.25) is 0 Å². The Morgan fingerprint density at radius 1 is 1.12 bits per heavy atom.